The van der Waals surface area contributed by atoms with Gasteiger partial charge in [0.2, 0.25) is 0 Å². The van der Waals surface area contributed by atoms with Crippen molar-refractivity contribution in [3.8, 4) is 5.75 Å². The maximum atomic E-state index is 10.2. The summed E-state index contributed by atoms with van der Waals surface area (Å²) in [7, 11) is 0. The number of aromatic hydroxyl groups is 1. The van der Waals surface area contributed by atoms with Gasteiger partial charge in [-0.2, -0.15) is 0 Å². The van der Waals surface area contributed by atoms with Crippen molar-refractivity contribution in [3.05, 3.63) is 64.8 Å². The van der Waals surface area contributed by atoms with Crippen LogP contribution in [-0.4, -0.2) is 9.67 Å². The predicted octanol–water partition coefficient (Wildman–Crippen LogP) is 4.36. The number of aromatic nitrogens is 1. The minimum Gasteiger partial charge on any atom is -0.505 e. The van der Waals surface area contributed by atoms with Crippen molar-refractivity contribution >= 4 is 22.5 Å². The van der Waals surface area contributed by atoms with Crippen LogP contribution in [0.1, 0.15) is 11.3 Å². The molecule has 0 fully saturated rings. The topological polar surface area (TPSA) is 25.2 Å². The van der Waals surface area contributed by atoms with Gasteiger partial charge in [-0.25, -0.2) is 0 Å². The molecule has 0 saturated heterocycles. The van der Waals surface area contributed by atoms with Gasteiger partial charge in [-0.3, -0.25) is 0 Å². The molecule has 3 rings (SSSR count). The van der Waals surface area contributed by atoms with Crippen LogP contribution in [0.2, 0.25) is 5.02 Å². The third-order valence-electron chi connectivity index (χ3n) is 3.44. The first-order valence-corrected chi connectivity index (χ1v) is 6.56. The van der Waals surface area contributed by atoms with Gasteiger partial charge in [0.05, 0.1) is 11.2 Å². The van der Waals surface area contributed by atoms with E-state index in [-0.39, 0.29) is 0 Å². The van der Waals surface area contributed by atoms with Gasteiger partial charge >= 0.3 is 0 Å². The molecule has 1 N–H and O–H groups in total. The second-order valence-electron chi connectivity index (χ2n) is 4.67. The normalized spacial score (nSPS) is 11.1. The minimum absolute atomic E-state index is 0.336. The van der Waals surface area contributed by atoms with Gasteiger partial charge in [-0.05, 0) is 30.7 Å². The van der Waals surface area contributed by atoms with Crippen LogP contribution < -0.4 is 0 Å². The van der Waals surface area contributed by atoms with Crippen LogP contribution in [0.5, 0.6) is 5.75 Å². The molecule has 0 radical (unpaired) electrons. The third kappa shape index (κ3) is 2.08. The van der Waals surface area contributed by atoms with Crippen LogP contribution in [0, 0.1) is 6.92 Å². The average Bonchev–Trinajstić information content (AvgIpc) is 2.65. The number of halogens is 1. The van der Waals surface area contributed by atoms with E-state index in [4.69, 9.17) is 11.6 Å². The van der Waals surface area contributed by atoms with Gasteiger partial charge in [0, 0.05) is 17.0 Å². The van der Waals surface area contributed by atoms with Gasteiger partial charge in [0.1, 0.15) is 5.75 Å². The summed E-state index contributed by atoms with van der Waals surface area (Å²) in [5, 5.41) is 11.7. The second-order valence-corrected chi connectivity index (χ2v) is 5.10. The van der Waals surface area contributed by atoms with E-state index in [1.165, 1.54) is 5.56 Å². The lowest BCUT2D eigenvalue weighted by Gasteiger charge is -2.08. The van der Waals surface area contributed by atoms with E-state index in [9.17, 15) is 5.11 Å². The number of benzene rings is 2. The summed E-state index contributed by atoms with van der Waals surface area (Å²) < 4.78 is 2.09. The Labute approximate surface area is 116 Å². The molecule has 19 heavy (non-hydrogen) atoms. The highest BCUT2D eigenvalue weighted by Gasteiger charge is 2.13. The molecule has 2 nitrogen and oxygen atoms in total. The molecule has 96 valence electrons. The zero-order chi connectivity index (χ0) is 13.4. The highest BCUT2D eigenvalue weighted by Crippen LogP contribution is 2.33. The molecule has 0 aliphatic carbocycles. The van der Waals surface area contributed by atoms with Crippen molar-refractivity contribution in [2.24, 2.45) is 0 Å². The first kappa shape index (κ1) is 12.1. The maximum absolute atomic E-state index is 10.2. The molecule has 0 atom stereocenters. The Hall–Kier alpha value is -1.93. The largest absolute Gasteiger partial charge is 0.505 e. The molecule has 1 heterocycles. The summed E-state index contributed by atoms with van der Waals surface area (Å²) in [6.45, 7) is 2.65. The molecule has 0 bridgehead atoms. The Morgan fingerprint density at radius 3 is 2.58 bits per heavy atom. The fourth-order valence-corrected chi connectivity index (χ4v) is 2.57. The van der Waals surface area contributed by atoms with Gasteiger partial charge < -0.3 is 9.67 Å². The molecule has 0 amide bonds. The minimum atomic E-state index is 0.336. The Balaban J connectivity index is 2.17. The van der Waals surface area contributed by atoms with E-state index in [1.54, 1.807) is 6.07 Å². The molecule has 0 saturated carbocycles. The summed E-state index contributed by atoms with van der Waals surface area (Å²) in [5.74, 6) is 0.336. The van der Waals surface area contributed by atoms with Crippen LogP contribution >= 0.6 is 11.6 Å². The number of nitrogens with zero attached hydrogens (tertiary/aromatic N) is 1. The summed E-state index contributed by atoms with van der Waals surface area (Å²) in [4.78, 5) is 0. The number of rotatable bonds is 2. The molecule has 1 aromatic heterocycles. The maximum Gasteiger partial charge on any atom is 0.144 e. The quantitative estimate of drug-likeness (QED) is 0.736. The fraction of sp³-hybridized carbons (Fsp3) is 0.125. The Bertz CT molecular complexity index is 731. The molecule has 3 heteroatoms. The lowest BCUT2D eigenvalue weighted by Crippen LogP contribution is -2.01. The van der Waals surface area contributed by atoms with E-state index >= 15 is 0 Å². The summed E-state index contributed by atoms with van der Waals surface area (Å²) in [6.07, 6.45) is 0. The number of hydrogen-bond donors (Lipinski definition) is 1. The van der Waals surface area contributed by atoms with E-state index < -0.39 is 0 Å². The van der Waals surface area contributed by atoms with Crippen LogP contribution in [0.15, 0.2) is 48.5 Å². The second kappa shape index (κ2) is 4.63. The molecule has 2 aromatic carbocycles. The van der Waals surface area contributed by atoms with Crippen molar-refractivity contribution in [1.82, 2.24) is 4.57 Å². The van der Waals surface area contributed by atoms with Gasteiger partial charge in [-0.15, -0.1) is 0 Å². The van der Waals surface area contributed by atoms with E-state index in [0.717, 1.165) is 23.1 Å². The zero-order valence-electron chi connectivity index (χ0n) is 10.6. The Kier molecular flexibility index (Phi) is 2.96. The van der Waals surface area contributed by atoms with E-state index in [0.29, 0.717) is 10.8 Å². The highest BCUT2D eigenvalue weighted by molar-refractivity contribution is 6.31. The van der Waals surface area contributed by atoms with Gasteiger partial charge in [0.25, 0.3) is 0 Å². The molecule has 0 aliphatic heterocycles. The molecule has 0 aliphatic rings. The van der Waals surface area contributed by atoms with E-state index in [2.05, 4.69) is 16.7 Å². The van der Waals surface area contributed by atoms with Crippen molar-refractivity contribution < 1.29 is 5.11 Å². The average molecular weight is 272 g/mol. The van der Waals surface area contributed by atoms with Gasteiger partial charge in [-0.1, -0.05) is 41.9 Å². The first-order valence-electron chi connectivity index (χ1n) is 6.18. The van der Waals surface area contributed by atoms with E-state index in [1.807, 2.05) is 37.3 Å². The molecular formula is C16H14ClNO. The Morgan fingerprint density at radius 1 is 1.11 bits per heavy atom. The fourth-order valence-electron chi connectivity index (χ4n) is 2.40. The third-order valence-corrected chi connectivity index (χ3v) is 3.67. The monoisotopic (exact) mass is 271 g/mol. The van der Waals surface area contributed by atoms with Crippen LogP contribution in [0.25, 0.3) is 10.9 Å². The van der Waals surface area contributed by atoms with Crippen LogP contribution in [0.3, 0.4) is 0 Å². The number of fused-ring (bicyclic) bond motifs is 1. The van der Waals surface area contributed by atoms with Crippen molar-refractivity contribution in [2.75, 3.05) is 0 Å². The number of hydrogen-bond acceptors (Lipinski definition) is 1. The molecular weight excluding hydrogens is 258 g/mol. The molecule has 0 spiro atoms. The lowest BCUT2D eigenvalue weighted by atomic mass is 10.2. The van der Waals surface area contributed by atoms with Crippen LogP contribution in [0.4, 0.5) is 0 Å². The molecule has 3 aromatic rings. The smallest absolute Gasteiger partial charge is 0.144 e. The van der Waals surface area contributed by atoms with Crippen molar-refractivity contribution in [1.29, 1.82) is 0 Å². The van der Waals surface area contributed by atoms with Crippen LogP contribution in [-0.2, 0) is 6.54 Å². The lowest BCUT2D eigenvalue weighted by molar-refractivity contribution is 0.473. The predicted molar refractivity (Wildman–Crippen MR) is 78.9 cm³/mol. The zero-order valence-corrected chi connectivity index (χ0v) is 11.4. The first-order chi connectivity index (χ1) is 9.16. The molecule has 0 unspecified atom stereocenters. The summed E-state index contributed by atoms with van der Waals surface area (Å²) >= 11 is 6.06. The SMILES string of the molecule is Cc1c(O)c2ccc(Cl)cc2n1Cc1ccccc1. The Morgan fingerprint density at radius 2 is 1.84 bits per heavy atom. The van der Waals surface area contributed by atoms with Gasteiger partial charge in [0.15, 0.2) is 0 Å². The van der Waals surface area contributed by atoms with Crippen molar-refractivity contribution in [2.45, 2.75) is 13.5 Å². The summed E-state index contributed by atoms with van der Waals surface area (Å²) in [6, 6.07) is 15.7. The standard InChI is InChI=1S/C16H14ClNO/c1-11-16(19)14-8-7-13(17)9-15(14)18(11)10-12-5-3-2-4-6-12/h2-9,19H,10H2,1H3. The highest BCUT2D eigenvalue weighted by atomic mass is 35.5. The summed E-state index contributed by atoms with van der Waals surface area (Å²) in [5.41, 5.74) is 3.02. The van der Waals surface area contributed by atoms with Crippen molar-refractivity contribution in [3.63, 3.8) is 0 Å².